The number of ether oxygens (including phenoxy) is 2. The number of nitrogens with one attached hydrogen (secondary N) is 3. The largest absolute Gasteiger partial charge is 0.492 e. The van der Waals surface area contributed by atoms with Crippen LogP contribution in [0.1, 0.15) is 34.6 Å². The lowest BCUT2D eigenvalue weighted by Crippen LogP contribution is -2.41. The molecule has 0 saturated heterocycles. The highest BCUT2D eigenvalue weighted by molar-refractivity contribution is 14.0. The van der Waals surface area contributed by atoms with Crippen LogP contribution in [0.25, 0.3) is 0 Å². The molecule has 160 valence electrons. The molecule has 1 amide bonds. The fourth-order valence-electron chi connectivity index (χ4n) is 2.42. The third-order valence-electron chi connectivity index (χ3n) is 3.83. The second kappa shape index (κ2) is 13.6. The second-order valence-corrected chi connectivity index (χ2v) is 7.29. The van der Waals surface area contributed by atoms with Gasteiger partial charge in [-0.05, 0) is 24.5 Å². The van der Waals surface area contributed by atoms with Crippen LogP contribution in [0.15, 0.2) is 29.3 Å². The van der Waals surface area contributed by atoms with E-state index in [9.17, 15) is 4.79 Å². The van der Waals surface area contributed by atoms with Crippen LogP contribution >= 0.6 is 24.0 Å². The monoisotopic (exact) mass is 506 g/mol. The van der Waals surface area contributed by atoms with Gasteiger partial charge >= 0.3 is 0 Å². The molecule has 0 bridgehead atoms. The van der Waals surface area contributed by atoms with Crippen molar-refractivity contribution in [3.8, 4) is 5.75 Å². The Labute approximate surface area is 186 Å². The lowest BCUT2D eigenvalue weighted by Gasteiger charge is -2.28. The van der Waals surface area contributed by atoms with Gasteiger partial charge in [0.25, 0.3) is 0 Å². The van der Waals surface area contributed by atoms with E-state index in [0.29, 0.717) is 25.4 Å². The molecule has 8 heteroatoms. The summed E-state index contributed by atoms with van der Waals surface area (Å²) >= 11 is 0. The minimum Gasteiger partial charge on any atom is -0.492 e. The summed E-state index contributed by atoms with van der Waals surface area (Å²) in [7, 11) is 1.72. The highest BCUT2D eigenvalue weighted by Gasteiger charge is 2.24. The smallest absolute Gasteiger partial charge is 0.221 e. The number of hydrogen-bond donors (Lipinski definition) is 3. The Morgan fingerprint density at radius 1 is 1.25 bits per heavy atom. The van der Waals surface area contributed by atoms with Crippen molar-refractivity contribution in [3.05, 3.63) is 24.3 Å². The number of hydrogen-bond acceptors (Lipinski definition) is 4. The Balaban J connectivity index is 0.00000729. The molecule has 0 spiro atoms. The van der Waals surface area contributed by atoms with Crippen molar-refractivity contribution in [2.75, 3.05) is 38.7 Å². The molecule has 28 heavy (non-hydrogen) atoms. The van der Waals surface area contributed by atoms with Crippen molar-refractivity contribution < 1.29 is 14.3 Å². The molecule has 1 atom stereocenters. The van der Waals surface area contributed by atoms with Gasteiger partial charge in [-0.15, -0.1) is 24.0 Å². The predicted molar refractivity (Wildman–Crippen MR) is 126 cm³/mol. The van der Waals surface area contributed by atoms with Gasteiger partial charge in [0.05, 0.1) is 19.2 Å². The summed E-state index contributed by atoms with van der Waals surface area (Å²) in [6, 6.07) is 7.32. The summed E-state index contributed by atoms with van der Waals surface area (Å²) < 4.78 is 11.3. The average molecular weight is 506 g/mol. The van der Waals surface area contributed by atoms with E-state index in [-0.39, 0.29) is 41.4 Å². The molecule has 1 unspecified atom stereocenters. The van der Waals surface area contributed by atoms with Gasteiger partial charge in [0.1, 0.15) is 12.4 Å². The van der Waals surface area contributed by atoms with Gasteiger partial charge < -0.3 is 25.4 Å². The number of amides is 1. The molecule has 1 aromatic rings. The molecule has 0 aromatic heterocycles. The van der Waals surface area contributed by atoms with E-state index < -0.39 is 0 Å². The predicted octanol–water partition coefficient (Wildman–Crippen LogP) is 3.26. The van der Waals surface area contributed by atoms with Crippen LogP contribution in [-0.2, 0) is 9.53 Å². The first kappa shape index (κ1) is 26.4. The summed E-state index contributed by atoms with van der Waals surface area (Å²) in [6.45, 7) is 12.4. The van der Waals surface area contributed by atoms with Gasteiger partial charge in [-0.3, -0.25) is 9.79 Å². The molecule has 0 fully saturated rings. The summed E-state index contributed by atoms with van der Waals surface area (Å²) in [5, 5.41) is 9.22. The minimum absolute atomic E-state index is 0. The van der Waals surface area contributed by atoms with Crippen molar-refractivity contribution in [1.82, 2.24) is 10.6 Å². The van der Waals surface area contributed by atoms with Gasteiger partial charge in [0, 0.05) is 32.3 Å². The van der Waals surface area contributed by atoms with Crippen LogP contribution in [-0.4, -0.2) is 51.3 Å². The minimum atomic E-state index is -0.107. The number of anilines is 1. The molecule has 3 N–H and O–H groups in total. The Morgan fingerprint density at radius 2 is 1.96 bits per heavy atom. The van der Waals surface area contributed by atoms with E-state index in [1.165, 1.54) is 6.92 Å². The number of guanidine groups is 1. The molecular weight excluding hydrogens is 471 g/mol. The third-order valence-corrected chi connectivity index (χ3v) is 3.83. The van der Waals surface area contributed by atoms with E-state index in [1.54, 1.807) is 13.2 Å². The maximum atomic E-state index is 11.1. The average Bonchev–Trinajstić information content (AvgIpc) is 2.57. The maximum absolute atomic E-state index is 11.1. The normalized spacial score (nSPS) is 12.6. The number of carbonyl (C=O) groups excluding carboxylic acids is 1. The summed E-state index contributed by atoms with van der Waals surface area (Å²) in [5.74, 6) is 1.33. The SMILES string of the molecule is CCNC(=NCC(OC)C(C)(C)C)NCCOc1cccc(NC(C)=O)c1.I. The van der Waals surface area contributed by atoms with Gasteiger partial charge in [0.15, 0.2) is 5.96 Å². The Morgan fingerprint density at radius 3 is 2.54 bits per heavy atom. The van der Waals surface area contributed by atoms with Crippen LogP contribution in [0.4, 0.5) is 5.69 Å². The zero-order valence-corrected chi connectivity index (χ0v) is 20.1. The van der Waals surface area contributed by atoms with E-state index >= 15 is 0 Å². The Bertz CT molecular complexity index is 618. The second-order valence-electron chi connectivity index (χ2n) is 7.29. The lowest BCUT2D eigenvalue weighted by molar-refractivity contribution is -0.114. The molecule has 0 saturated carbocycles. The first-order valence-corrected chi connectivity index (χ1v) is 9.31. The number of carbonyl (C=O) groups is 1. The van der Waals surface area contributed by atoms with E-state index in [2.05, 4.69) is 41.7 Å². The molecule has 7 nitrogen and oxygen atoms in total. The quantitative estimate of drug-likeness (QED) is 0.207. The number of nitrogens with zero attached hydrogens (tertiary/aromatic N) is 1. The molecule has 0 aliphatic heterocycles. The molecule has 0 aliphatic rings. The van der Waals surface area contributed by atoms with Gasteiger partial charge in [-0.1, -0.05) is 26.8 Å². The molecule has 0 aliphatic carbocycles. The number of methoxy groups -OCH3 is 1. The van der Waals surface area contributed by atoms with E-state index in [0.717, 1.165) is 18.2 Å². The van der Waals surface area contributed by atoms with E-state index in [4.69, 9.17) is 9.47 Å². The number of aliphatic imine (C=N–C) groups is 1. The molecule has 1 rings (SSSR count). The van der Waals surface area contributed by atoms with Crippen molar-refractivity contribution >= 4 is 41.5 Å². The fourth-order valence-corrected chi connectivity index (χ4v) is 2.42. The van der Waals surface area contributed by atoms with Crippen LogP contribution in [0.2, 0.25) is 0 Å². The maximum Gasteiger partial charge on any atom is 0.221 e. The molecule has 0 radical (unpaired) electrons. The fraction of sp³-hybridized carbons (Fsp3) is 0.600. The first-order valence-electron chi connectivity index (χ1n) is 9.31. The third kappa shape index (κ3) is 10.7. The summed E-state index contributed by atoms with van der Waals surface area (Å²) in [5.41, 5.74) is 0.744. The lowest BCUT2D eigenvalue weighted by atomic mass is 9.89. The number of benzene rings is 1. The number of rotatable bonds is 9. The summed E-state index contributed by atoms with van der Waals surface area (Å²) in [6.07, 6.45) is 0.0423. The van der Waals surface area contributed by atoms with Crippen LogP contribution in [0.3, 0.4) is 0 Å². The van der Waals surface area contributed by atoms with Crippen LogP contribution in [0, 0.1) is 5.41 Å². The highest BCUT2D eigenvalue weighted by Crippen LogP contribution is 2.21. The summed E-state index contributed by atoms with van der Waals surface area (Å²) in [4.78, 5) is 15.7. The van der Waals surface area contributed by atoms with Gasteiger partial charge in [-0.25, -0.2) is 0 Å². The van der Waals surface area contributed by atoms with Crippen molar-refractivity contribution in [2.24, 2.45) is 10.4 Å². The van der Waals surface area contributed by atoms with Crippen molar-refractivity contribution in [1.29, 1.82) is 0 Å². The van der Waals surface area contributed by atoms with Gasteiger partial charge in [0.2, 0.25) is 5.91 Å². The molecule has 0 heterocycles. The van der Waals surface area contributed by atoms with Crippen molar-refractivity contribution in [2.45, 2.75) is 40.7 Å². The molecular formula is C20H35IN4O3. The first-order chi connectivity index (χ1) is 12.8. The zero-order chi connectivity index (χ0) is 20.3. The van der Waals surface area contributed by atoms with Crippen molar-refractivity contribution in [3.63, 3.8) is 0 Å². The van der Waals surface area contributed by atoms with E-state index in [1.807, 2.05) is 25.1 Å². The topological polar surface area (TPSA) is 84.0 Å². The Kier molecular flexibility index (Phi) is 12.8. The Hall–Kier alpha value is -1.55. The van der Waals surface area contributed by atoms with Crippen LogP contribution < -0.4 is 20.7 Å². The highest BCUT2D eigenvalue weighted by atomic mass is 127. The number of halogens is 1. The van der Waals surface area contributed by atoms with Gasteiger partial charge in [-0.2, -0.15) is 0 Å². The standard InChI is InChI=1S/C20H34N4O3.HI/c1-7-21-19(23-14-18(26-6)20(3,4)5)22-11-12-27-17-10-8-9-16(13-17)24-15(2)25;/h8-10,13,18H,7,11-12,14H2,1-6H3,(H,24,25)(H2,21,22,23);1H. The molecule has 1 aromatic carbocycles. The zero-order valence-electron chi connectivity index (χ0n) is 17.8. The van der Waals surface area contributed by atoms with Crippen LogP contribution in [0.5, 0.6) is 5.75 Å².